The molecule has 116 valence electrons. The van der Waals surface area contributed by atoms with Crippen LogP contribution in [0.2, 0.25) is 0 Å². The molecule has 1 saturated carbocycles. The lowest BCUT2D eigenvalue weighted by atomic mass is 10.2. The van der Waals surface area contributed by atoms with Crippen LogP contribution >= 0.6 is 0 Å². The highest BCUT2D eigenvalue weighted by Crippen LogP contribution is 2.27. The Labute approximate surface area is 126 Å². The maximum atomic E-state index is 13.2. The van der Waals surface area contributed by atoms with Crippen LogP contribution in [0.3, 0.4) is 0 Å². The molecule has 1 aliphatic carbocycles. The van der Waals surface area contributed by atoms with E-state index < -0.39 is 5.82 Å². The summed E-state index contributed by atoms with van der Waals surface area (Å²) in [6.07, 6.45) is 2.08. The third-order valence-electron chi connectivity index (χ3n) is 3.76. The summed E-state index contributed by atoms with van der Waals surface area (Å²) in [6, 6.07) is 4.30. The Morgan fingerprint density at radius 1 is 1.50 bits per heavy atom. The van der Waals surface area contributed by atoms with Crippen molar-refractivity contribution >= 4 is 16.8 Å². The second-order valence-electron chi connectivity index (χ2n) is 5.48. The summed E-state index contributed by atoms with van der Waals surface area (Å²) in [7, 11) is 1.60. The van der Waals surface area contributed by atoms with Gasteiger partial charge in [0.25, 0.3) is 5.56 Å². The molecule has 0 spiro atoms. The van der Waals surface area contributed by atoms with Crippen molar-refractivity contribution in [3.05, 3.63) is 40.2 Å². The van der Waals surface area contributed by atoms with Crippen LogP contribution in [0.1, 0.15) is 18.7 Å². The van der Waals surface area contributed by atoms with Crippen molar-refractivity contribution < 1.29 is 9.18 Å². The first-order chi connectivity index (χ1) is 10.6. The van der Waals surface area contributed by atoms with Crippen molar-refractivity contribution in [3.8, 4) is 0 Å². The predicted octanol–water partition coefficient (Wildman–Crippen LogP) is 0.773. The summed E-state index contributed by atoms with van der Waals surface area (Å²) < 4.78 is 13.2. The molecule has 22 heavy (non-hydrogen) atoms. The van der Waals surface area contributed by atoms with Gasteiger partial charge in [-0.3, -0.25) is 14.5 Å². The van der Waals surface area contributed by atoms with Gasteiger partial charge in [-0.25, -0.2) is 9.37 Å². The van der Waals surface area contributed by atoms with Gasteiger partial charge in [0.05, 0.1) is 24.0 Å². The maximum Gasteiger partial charge on any atom is 0.258 e. The number of carbonyl (C=O) groups is 1. The molecule has 1 aliphatic rings. The summed E-state index contributed by atoms with van der Waals surface area (Å²) >= 11 is 0. The van der Waals surface area contributed by atoms with E-state index in [9.17, 15) is 14.0 Å². The first kappa shape index (κ1) is 14.6. The molecule has 6 nitrogen and oxygen atoms in total. The van der Waals surface area contributed by atoms with E-state index in [4.69, 9.17) is 0 Å². The molecule has 3 rings (SSSR count). The number of likely N-dealkylation sites (N-methyl/N-ethyl adjacent to an activating group) is 1. The fraction of sp³-hybridized carbons (Fsp3) is 0.400. The number of benzene rings is 1. The summed E-state index contributed by atoms with van der Waals surface area (Å²) in [6.45, 7) is 0.660. The summed E-state index contributed by atoms with van der Waals surface area (Å²) in [5, 5.41) is 2.83. The van der Waals surface area contributed by atoms with E-state index in [2.05, 4.69) is 15.3 Å². The molecule has 0 saturated heterocycles. The molecular formula is C15H17FN4O2. The summed E-state index contributed by atoms with van der Waals surface area (Å²) in [5.74, 6) is -0.0520. The number of aromatic nitrogens is 2. The number of amides is 1. The van der Waals surface area contributed by atoms with Crippen LogP contribution < -0.4 is 10.9 Å². The number of halogens is 1. The molecule has 1 aromatic carbocycles. The van der Waals surface area contributed by atoms with Gasteiger partial charge >= 0.3 is 0 Å². The van der Waals surface area contributed by atoms with Crippen molar-refractivity contribution in [2.24, 2.45) is 0 Å². The van der Waals surface area contributed by atoms with Gasteiger partial charge in [-0.2, -0.15) is 0 Å². The number of nitrogens with one attached hydrogen (secondary N) is 2. The summed E-state index contributed by atoms with van der Waals surface area (Å²) in [5.41, 5.74) is 0.0889. The van der Waals surface area contributed by atoms with E-state index in [-0.39, 0.29) is 23.4 Å². The monoisotopic (exact) mass is 304 g/mol. The zero-order valence-electron chi connectivity index (χ0n) is 12.2. The average molecular weight is 304 g/mol. The molecule has 0 bridgehead atoms. The quantitative estimate of drug-likeness (QED) is 0.855. The van der Waals surface area contributed by atoms with E-state index >= 15 is 0 Å². The van der Waals surface area contributed by atoms with Crippen molar-refractivity contribution in [1.82, 2.24) is 20.2 Å². The molecule has 0 atom stereocenters. The number of carbonyl (C=O) groups excluding carboxylic acids is 1. The lowest BCUT2D eigenvalue weighted by molar-refractivity contribution is -0.122. The molecular weight excluding hydrogens is 287 g/mol. The van der Waals surface area contributed by atoms with E-state index in [1.807, 2.05) is 4.90 Å². The van der Waals surface area contributed by atoms with E-state index in [1.54, 1.807) is 7.05 Å². The van der Waals surface area contributed by atoms with Gasteiger partial charge in [-0.05, 0) is 31.0 Å². The van der Waals surface area contributed by atoms with Crippen molar-refractivity contribution in [1.29, 1.82) is 0 Å². The standard InChI is InChI=1S/C15H17FN4O2/c1-17-14(21)8-20(10-3-4-10)7-13-18-12-5-2-9(16)6-11(12)15(22)19-13/h2,5-6,10H,3-4,7-8H2,1H3,(H,17,21)(H,18,19,22). The van der Waals surface area contributed by atoms with Crippen LogP contribution in [0, 0.1) is 5.82 Å². The Bertz CT molecular complexity index is 770. The van der Waals surface area contributed by atoms with Crippen molar-refractivity contribution in [3.63, 3.8) is 0 Å². The van der Waals surface area contributed by atoms with Crippen LogP contribution in [0.4, 0.5) is 4.39 Å². The van der Waals surface area contributed by atoms with Gasteiger partial charge in [-0.15, -0.1) is 0 Å². The lowest BCUT2D eigenvalue weighted by Crippen LogP contribution is -2.37. The highest BCUT2D eigenvalue weighted by molar-refractivity contribution is 5.78. The van der Waals surface area contributed by atoms with E-state index in [1.165, 1.54) is 18.2 Å². The van der Waals surface area contributed by atoms with Crippen molar-refractivity contribution in [2.45, 2.75) is 25.4 Å². The highest BCUT2D eigenvalue weighted by Gasteiger charge is 2.30. The number of aromatic amines is 1. The van der Waals surface area contributed by atoms with Crippen LogP contribution in [0.15, 0.2) is 23.0 Å². The Morgan fingerprint density at radius 3 is 2.95 bits per heavy atom. The SMILES string of the molecule is CNC(=O)CN(Cc1nc2ccc(F)cc2c(=O)[nH]1)C1CC1. The first-order valence-corrected chi connectivity index (χ1v) is 7.20. The molecule has 0 radical (unpaired) electrons. The zero-order chi connectivity index (χ0) is 15.7. The second kappa shape index (κ2) is 5.84. The number of fused-ring (bicyclic) bond motifs is 1. The van der Waals surface area contributed by atoms with Crippen LogP contribution in [-0.4, -0.2) is 40.4 Å². The lowest BCUT2D eigenvalue weighted by Gasteiger charge is -2.20. The molecule has 0 aliphatic heterocycles. The number of hydrogen-bond acceptors (Lipinski definition) is 4. The second-order valence-corrected chi connectivity index (χ2v) is 5.48. The van der Waals surface area contributed by atoms with Crippen LogP contribution in [-0.2, 0) is 11.3 Å². The Morgan fingerprint density at radius 2 is 2.27 bits per heavy atom. The smallest absolute Gasteiger partial charge is 0.258 e. The largest absolute Gasteiger partial charge is 0.358 e. The Balaban J connectivity index is 1.87. The van der Waals surface area contributed by atoms with Crippen LogP contribution in [0.5, 0.6) is 0 Å². The van der Waals surface area contributed by atoms with E-state index in [0.29, 0.717) is 23.9 Å². The predicted molar refractivity (Wildman–Crippen MR) is 79.8 cm³/mol. The Kier molecular flexibility index (Phi) is 3.89. The molecule has 1 amide bonds. The minimum Gasteiger partial charge on any atom is -0.358 e. The number of rotatable bonds is 5. The third-order valence-corrected chi connectivity index (χ3v) is 3.76. The number of H-pyrrole nitrogens is 1. The molecule has 1 fully saturated rings. The zero-order valence-corrected chi connectivity index (χ0v) is 12.2. The normalized spacial score (nSPS) is 14.5. The minimum atomic E-state index is -0.466. The van der Waals surface area contributed by atoms with Gasteiger partial charge in [0.15, 0.2) is 0 Å². The number of hydrogen-bond donors (Lipinski definition) is 2. The van der Waals surface area contributed by atoms with Gasteiger partial charge in [0.2, 0.25) is 5.91 Å². The van der Waals surface area contributed by atoms with Gasteiger partial charge in [0.1, 0.15) is 11.6 Å². The minimum absolute atomic E-state index is 0.0721. The van der Waals surface area contributed by atoms with Crippen LogP contribution in [0.25, 0.3) is 10.9 Å². The molecule has 2 aromatic rings. The molecule has 7 heteroatoms. The fourth-order valence-corrected chi connectivity index (χ4v) is 2.44. The topological polar surface area (TPSA) is 78.1 Å². The third kappa shape index (κ3) is 3.14. The molecule has 1 heterocycles. The molecule has 1 aromatic heterocycles. The fourth-order valence-electron chi connectivity index (χ4n) is 2.44. The average Bonchev–Trinajstić information content (AvgIpc) is 3.32. The first-order valence-electron chi connectivity index (χ1n) is 7.20. The number of nitrogens with zero attached hydrogens (tertiary/aromatic N) is 2. The van der Waals surface area contributed by atoms with Gasteiger partial charge in [0, 0.05) is 13.1 Å². The Hall–Kier alpha value is -2.28. The highest BCUT2D eigenvalue weighted by atomic mass is 19.1. The molecule has 0 unspecified atom stereocenters. The van der Waals surface area contributed by atoms with E-state index in [0.717, 1.165) is 12.8 Å². The maximum absolute atomic E-state index is 13.2. The van der Waals surface area contributed by atoms with Gasteiger partial charge < -0.3 is 10.3 Å². The molecule has 2 N–H and O–H groups in total. The van der Waals surface area contributed by atoms with Gasteiger partial charge in [-0.1, -0.05) is 0 Å². The van der Waals surface area contributed by atoms with Crippen molar-refractivity contribution in [2.75, 3.05) is 13.6 Å². The summed E-state index contributed by atoms with van der Waals surface area (Å²) in [4.78, 5) is 32.6.